The van der Waals surface area contributed by atoms with Gasteiger partial charge in [-0.1, -0.05) is 60.7 Å². The van der Waals surface area contributed by atoms with E-state index >= 15 is 0 Å². The summed E-state index contributed by atoms with van der Waals surface area (Å²) in [5.41, 5.74) is 3.58. The number of oxazole rings is 2. The molecule has 6 aromatic rings. The van der Waals surface area contributed by atoms with E-state index in [-0.39, 0.29) is 0 Å². The average molecular weight is 370 g/mol. The Balaban J connectivity index is 0.000000119. The van der Waals surface area contributed by atoms with Crippen LogP contribution in [0.2, 0.25) is 0 Å². The molecule has 0 radical (unpaired) electrons. The van der Waals surface area contributed by atoms with Crippen molar-refractivity contribution in [1.82, 2.24) is 9.97 Å². The molecule has 0 aliphatic rings. The fraction of sp³-hybridized carbons (Fsp3) is 0. The number of aromatic amines is 1. The van der Waals surface area contributed by atoms with Crippen molar-refractivity contribution in [2.45, 2.75) is 0 Å². The number of H-pyrrole nitrogens is 1. The first-order valence-electron chi connectivity index (χ1n) is 8.51. The lowest BCUT2D eigenvalue weighted by molar-refractivity contribution is 0.583. The van der Waals surface area contributed by atoms with Gasteiger partial charge in [-0.15, -0.1) is 0 Å². The molecule has 0 spiro atoms. The Bertz CT molecular complexity index is 1460. The fourth-order valence-corrected chi connectivity index (χ4v) is 3.48. The topological polar surface area (TPSA) is 55.0 Å². The van der Waals surface area contributed by atoms with E-state index in [9.17, 15) is 0 Å². The van der Waals surface area contributed by atoms with Gasteiger partial charge in [-0.3, -0.25) is 0 Å². The summed E-state index contributed by atoms with van der Waals surface area (Å²) in [5.74, 6) is 0. The SMILES string of the molecule is S=c1[nH]c2c(ccc3ccccc32)o1.c1ccc2c(c1)ccc1ocnc12. The maximum absolute atomic E-state index is 5.34. The van der Waals surface area contributed by atoms with Crippen LogP contribution in [0.5, 0.6) is 0 Å². The highest BCUT2D eigenvalue weighted by Gasteiger charge is 2.03. The third kappa shape index (κ3) is 2.78. The Kier molecular flexibility index (Phi) is 3.73. The summed E-state index contributed by atoms with van der Waals surface area (Å²) in [6, 6.07) is 24.3. The smallest absolute Gasteiger partial charge is 0.266 e. The fourth-order valence-electron chi connectivity index (χ4n) is 3.29. The predicted molar refractivity (Wildman–Crippen MR) is 110 cm³/mol. The van der Waals surface area contributed by atoms with Crippen LogP contribution in [0.25, 0.3) is 43.7 Å². The van der Waals surface area contributed by atoms with Crippen LogP contribution in [0.3, 0.4) is 0 Å². The number of nitrogens with one attached hydrogen (secondary N) is 1. The minimum absolute atomic E-state index is 0.427. The van der Waals surface area contributed by atoms with Crippen molar-refractivity contribution in [2.24, 2.45) is 0 Å². The molecular weight excluding hydrogens is 356 g/mol. The molecule has 130 valence electrons. The lowest BCUT2D eigenvalue weighted by Crippen LogP contribution is -1.73. The van der Waals surface area contributed by atoms with Crippen molar-refractivity contribution in [3.8, 4) is 0 Å². The van der Waals surface area contributed by atoms with Crippen molar-refractivity contribution in [1.29, 1.82) is 0 Å². The molecule has 0 saturated carbocycles. The predicted octanol–water partition coefficient (Wildman–Crippen LogP) is 6.62. The van der Waals surface area contributed by atoms with E-state index in [1.54, 1.807) is 0 Å². The molecule has 0 fully saturated rings. The van der Waals surface area contributed by atoms with Crippen LogP contribution < -0.4 is 0 Å². The first-order valence-corrected chi connectivity index (χ1v) is 8.92. The quantitative estimate of drug-likeness (QED) is 0.305. The summed E-state index contributed by atoms with van der Waals surface area (Å²) in [6.07, 6.45) is 1.48. The van der Waals surface area contributed by atoms with Crippen LogP contribution in [-0.4, -0.2) is 9.97 Å². The summed E-state index contributed by atoms with van der Waals surface area (Å²) in [7, 11) is 0. The Hall–Kier alpha value is -3.44. The Labute approximate surface area is 159 Å². The maximum Gasteiger partial charge on any atom is 0.266 e. The minimum Gasteiger partial charge on any atom is -0.443 e. The van der Waals surface area contributed by atoms with E-state index in [1.165, 1.54) is 17.2 Å². The molecule has 1 N–H and O–H groups in total. The lowest BCUT2D eigenvalue weighted by Gasteiger charge is -1.96. The highest BCUT2D eigenvalue weighted by Crippen LogP contribution is 2.24. The first-order chi connectivity index (χ1) is 13.3. The molecule has 0 unspecified atom stereocenters. The second-order valence-electron chi connectivity index (χ2n) is 6.16. The second-order valence-corrected chi connectivity index (χ2v) is 6.53. The van der Waals surface area contributed by atoms with Gasteiger partial charge in [0.25, 0.3) is 4.84 Å². The molecule has 0 bridgehead atoms. The van der Waals surface area contributed by atoms with E-state index in [0.29, 0.717) is 4.84 Å². The van der Waals surface area contributed by atoms with Gasteiger partial charge in [-0.25, -0.2) is 4.98 Å². The molecule has 4 nitrogen and oxygen atoms in total. The van der Waals surface area contributed by atoms with Crippen LogP contribution in [0, 0.1) is 4.84 Å². The molecular formula is C22H14N2O2S. The number of fused-ring (bicyclic) bond motifs is 6. The van der Waals surface area contributed by atoms with Gasteiger partial charge in [0.15, 0.2) is 17.6 Å². The van der Waals surface area contributed by atoms with Gasteiger partial charge in [0.1, 0.15) is 5.52 Å². The molecule has 2 aromatic heterocycles. The highest BCUT2D eigenvalue weighted by molar-refractivity contribution is 7.71. The molecule has 6 rings (SSSR count). The zero-order valence-corrected chi connectivity index (χ0v) is 15.0. The van der Waals surface area contributed by atoms with Crippen molar-refractivity contribution in [2.75, 3.05) is 0 Å². The number of hydrogen-bond acceptors (Lipinski definition) is 4. The summed E-state index contributed by atoms with van der Waals surface area (Å²) in [4.78, 5) is 7.66. The number of hydrogen-bond donors (Lipinski definition) is 1. The van der Waals surface area contributed by atoms with Gasteiger partial charge in [0.05, 0.1) is 5.52 Å². The third-order valence-corrected chi connectivity index (χ3v) is 4.73. The van der Waals surface area contributed by atoms with Gasteiger partial charge in [0.2, 0.25) is 0 Å². The summed E-state index contributed by atoms with van der Waals surface area (Å²) in [6.45, 7) is 0. The maximum atomic E-state index is 5.34. The monoisotopic (exact) mass is 370 g/mol. The van der Waals surface area contributed by atoms with Gasteiger partial charge in [0, 0.05) is 10.8 Å². The molecule has 0 atom stereocenters. The Morgan fingerprint density at radius 1 is 0.741 bits per heavy atom. The number of nitrogens with zero attached hydrogens (tertiary/aromatic N) is 1. The van der Waals surface area contributed by atoms with Crippen LogP contribution in [0.4, 0.5) is 0 Å². The molecule has 4 aromatic carbocycles. The van der Waals surface area contributed by atoms with Gasteiger partial charge >= 0.3 is 0 Å². The van der Waals surface area contributed by atoms with Gasteiger partial charge < -0.3 is 13.8 Å². The summed E-state index contributed by atoms with van der Waals surface area (Å²) in [5, 5.41) is 4.68. The van der Waals surface area contributed by atoms with Crippen molar-refractivity contribution >= 4 is 56.0 Å². The second kappa shape index (κ2) is 6.37. The van der Waals surface area contributed by atoms with E-state index in [4.69, 9.17) is 21.1 Å². The molecule has 0 saturated heterocycles. The number of benzene rings is 4. The largest absolute Gasteiger partial charge is 0.443 e. The Morgan fingerprint density at radius 3 is 2.22 bits per heavy atom. The van der Waals surface area contributed by atoms with Crippen molar-refractivity contribution in [3.63, 3.8) is 0 Å². The molecule has 5 heteroatoms. The molecule has 0 amide bonds. The van der Waals surface area contributed by atoms with Gasteiger partial charge in [-0.2, -0.15) is 0 Å². The standard InChI is InChI=1S/C11H7NOS.C11H7NO/c14-11-12-10-8-4-2-1-3-7(8)5-6-9(10)13-11;1-2-4-9-8(3-1)5-6-10-11(9)12-7-13-10/h1-6H,(H,12,14);1-7H. The normalized spacial score (nSPS) is 11.1. The van der Waals surface area contributed by atoms with E-state index in [2.05, 4.69) is 34.2 Å². The zero-order valence-electron chi connectivity index (χ0n) is 14.2. The molecule has 0 aliphatic carbocycles. The van der Waals surface area contributed by atoms with Crippen LogP contribution >= 0.6 is 12.2 Å². The van der Waals surface area contributed by atoms with Crippen LogP contribution in [0.15, 0.2) is 88.0 Å². The Morgan fingerprint density at radius 2 is 1.41 bits per heavy atom. The van der Waals surface area contributed by atoms with E-state index in [1.807, 2.05) is 48.5 Å². The van der Waals surface area contributed by atoms with Crippen molar-refractivity contribution < 1.29 is 8.83 Å². The van der Waals surface area contributed by atoms with E-state index < -0.39 is 0 Å². The molecule has 0 aliphatic heterocycles. The number of aromatic nitrogens is 2. The lowest BCUT2D eigenvalue weighted by atomic mass is 10.1. The highest BCUT2D eigenvalue weighted by atomic mass is 32.1. The number of rotatable bonds is 0. The average Bonchev–Trinajstić information content (AvgIpc) is 3.34. The van der Waals surface area contributed by atoms with Crippen LogP contribution in [-0.2, 0) is 0 Å². The van der Waals surface area contributed by atoms with Gasteiger partial charge in [-0.05, 0) is 35.1 Å². The zero-order chi connectivity index (χ0) is 18.2. The van der Waals surface area contributed by atoms with E-state index in [0.717, 1.165) is 33.0 Å². The summed E-state index contributed by atoms with van der Waals surface area (Å²) >= 11 is 4.95. The van der Waals surface area contributed by atoms with Crippen LogP contribution in [0.1, 0.15) is 0 Å². The first kappa shape index (κ1) is 15.8. The third-order valence-electron chi connectivity index (χ3n) is 4.55. The minimum atomic E-state index is 0.427. The molecule has 2 heterocycles. The molecule has 27 heavy (non-hydrogen) atoms. The van der Waals surface area contributed by atoms with Crippen molar-refractivity contribution in [3.05, 3.63) is 84.0 Å². The summed E-state index contributed by atoms with van der Waals surface area (Å²) < 4.78 is 10.6.